The first-order chi connectivity index (χ1) is 13.8. The van der Waals surface area contributed by atoms with E-state index in [0.717, 1.165) is 20.9 Å². The highest BCUT2D eigenvalue weighted by Crippen LogP contribution is 2.19. The lowest BCUT2D eigenvalue weighted by molar-refractivity contribution is -0.148. The third kappa shape index (κ3) is 5.20. The standard InChI is InChI=1S/C21H21BrN2O4S/c1-14(2)19(24-29(26,27)18-10-8-17(22)9-11-18)21(25)28-13-16-6-3-5-15-7-4-12-23-20(15)16/h3-12,14,19,24H,13H2,1-2H3/t19-/m0/s1. The van der Waals surface area contributed by atoms with Crippen LogP contribution in [-0.4, -0.2) is 25.4 Å². The quantitative estimate of drug-likeness (QED) is 0.520. The number of nitrogens with zero attached hydrogens (tertiary/aromatic N) is 1. The number of hydrogen-bond acceptors (Lipinski definition) is 5. The van der Waals surface area contributed by atoms with Crippen molar-refractivity contribution in [3.05, 3.63) is 70.8 Å². The zero-order chi connectivity index (χ0) is 21.0. The fourth-order valence-electron chi connectivity index (χ4n) is 2.83. The van der Waals surface area contributed by atoms with Crippen LogP contribution < -0.4 is 4.72 Å². The van der Waals surface area contributed by atoms with Crippen molar-refractivity contribution in [3.8, 4) is 0 Å². The second-order valence-electron chi connectivity index (χ2n) is 6.90. The Bertz CT molecular complexity index is 1110. The van der Waals surface area contributed by atoms with Crippen molar-refractivity contribution in [2.45, 2.75) is 31.4 Å². The van der Waals surface area contributed by atoms with E-state index in [-0.39, 0.29) is 17.4 Å². The molecule has 0 aliphatic rings. The molecule has 0 aliphatic heterocycles. The Hall–Kier alpha value is -2.29. The maximum atomic E-state index is 12.7. The Morgan fingerprint density at radius 1 is 1.10 bits per heavy atom. The molecule has 1 atom stereocenters. The van der Waals surface area contributed by atoms with E-state index in [1.165, 1.54) is 12.1 Å². The third-order valence-electron chi connectivity index (χ3n) is 4.41. The summed E-state index contributed by atoms with van der Waals surface area (Å²) in [5.74, 6) is -0.924. The van der Waals surface area contributed by atoms with E-state index in [2.05, 4.69) is 25.6 Å². The summed E-state index contributed by atoms with van der Waals surface area (Å²) < 4.78 is 34.0. The molecule has 6 nitrogen and oxygen atoms in total. The number of sulfonamides is 1. The summed E-state index contributed by atoms with van der Waals surface area (Å²) in [5, 5.41) is 0.942. The monoisotopic (exact) mass is 476 g/mol. The summed E-state index contributed by atoms with van der Waals surface area (Å²) in [6, 6.07) is 14.6. The molecule has 0 unspecified atom stereocenters. The van der Waals surface area contributed by atoms with Gasteiger partial charge in [0.25, 0.3) is 0 Å². The van der Waals surface area contributed by atoms with Crippen molar-refractivity contribution in [2.24, 2.45) is 5.92 Å². The molecule has 8 heteroatoms. The molecular weight excluding hydrogens is 456 g/mol. The fourth-order valence-corrected chi connectivity index (χ4v) is 4.43. The van der Waals surface area contributed by atoms with Crippen molar-refractivity contribution in [3.63, 3.8) is 0 Å². The van der Waals surface area contributed by atoms with Gasteiger partial charge in [-0.05, 0) is 36.2 Å². The molecule has 1 N–H and O–H groups in total. The number of nitrogens with one attached hydrogen (secondary N) is 1. The molecule has 3 aromatic rings. The number of esters is 1. The largest absolute Gasteiger partial charge is 0.460 e. The zero-order valence-electron chi connectivity index (χ0n) is 16.0. The normalized spacial score (nSPS) is 12.8. The van der Waals surface area contributed by atoms with Crippen LogP contribution >= 0.6 is 15.9 Å². The molecule has 0 amide bonds. The molecule has 0 bridgehead atoms. The third-order valence-corrected chi connectivity index (χ3v) is 6.40. The second-order valence-corrected chi connectivity index (χ2v) is 9.53. The van der Waals surface area contributed by atoms with Crippen LogP contribution in [0, 0.1) is 5.92 Å². The first kappa shape index (κ1) is 21.4. The fraction of sp³-hybridized carbons (Fsp3) is 0.238. The van der Waals surface area contributed by atoms with Gasteiger partial charge in [-0.15, -0.1) is 0 Å². The van der Waals surface area contributed by atoms with Gasteiger partial charge in [-0.25, -0.2) is 8.42 Å². The van der Waals surface area contributed by atoms with E-state index in [1.54, 1.807) is 32.2 Å². The summed E-state index contributed by atoms with van der Waals surface area (Å²) in [6.45, 7) is 3.53. The second kappa shape index (κ2) is 9.02. The van der Waals surface area contributed by atoms with Gasteiger partial charge in [0.2, 0.25) is 10.0 Å². The number of pyridine rings is 1. The van der Waals surface area contributed by atoms with Crippen molar-refractivity contribution in [1.29, 1.82) is 0 Å². The van der Waals surface area contributed by atoms with Crippen LogP contribution in [0.3, 0.4) is 0 Å². The molecule has 29 heavy (non-hydrogen) atoms. The number of hydrogen-bond donors (Lipinski definition) is 1. The van der Waals surface area contributed by atoms with E-state index in [0.29, 0.717) is 0 Å². The molecule has 0 saturated carbocycles. The molecule has 152 valence electrons. The summed E-state index contributed by atoms with van der Waals surface area (Å²) in [5.41, 5.74) is 1.51. The van der Waals surface area contributed by atoms with Crippen molar-refractivity contribution < 1.29 is 17.9 Å². The number of fused-ring (bicyclic) bond motifs is 1. The van der Waals surface area contributed by atoms with Crippen LogP contribution in [0.15, 0.2) is 70.2 Å². The van der Waals surface area contributed by atoms with E-state index < -0.39 is 22.0 Å². The number of aromatic nitrogens is 1. The smallest absolute Gasteiger partial charge is 0.324 e. The van der Waals surface area contributed by atoms with E-state index in [1.807, 2.05) is 30.3 Å². The van der Waals surface area contributed by atoms with Gasteiger partial charge in [0.1, 0.15) is 12.6 Å². The van der Waals surface area contributed by atoms with E-state index in [9.17, 15) is 13.2 Å². The number of ether oxygens (including phenoxy) is 1. The van der Waals surface area contributed by atoms with E-state index in [4.69, 9.17) is 4.74 Å². The SMILES string of the molecule is CC(C)[C@H](NS(=O)(=O)c1ccc(Br)cc1)C(=O)OCc1cccc2cccnc12. The Labute approximate surface area is 178 Å². The predicted molar refractivity (Wildman–Crippen MR) is 115 cm³/mol. The summed E-state index contributed by atoms with van der Waals surface area (Å²) in [7, 11) is -3.87. The first-order valence-electron chi connectivity index (χ1n) is 9.05. The summed E-state index contributed by atoms with van der Waals surface area (Å²) in [6.07, 6.45) is 1.68. The van der Waals surface area contributed by atoms with Crippen LogP contribution in [-0.2, 0) is 26.2 Å². The minimum atomic E-state index is -3.87. The lowest BCUT2D eigenvalue weighted by Gasteiger charge is -2.21. The maximum Gasteiger partial charge on any atom is 0.324 e. The Balaban J connectivity index is 1.75. The average Bonchev–Trinajstić information content (AvgIpc) is 2.70. The number of halogens is 1. The van der Waals surface area contributed by atoms with Gasteiger partial charge in [-0.1, -0.05) is 54.0 Å². The number of benzene rings is 2. The van der Waals surface area contributed by atoms with E-state index >= 15 is 0 Å². The van der Waals surface area contributed by atoms with Crippen molar-refractivity contribution >= 4 is 42.8 Å². The highest BCUT2D eigenvalue weighted by Gasteiger charge is 2.29. The van der Waals surface area contributed by atoms with Gasteiger partial charge < -0.3 is 4.74 Å². The predicted octanol–water partition coefficient (Wildman–Crippen LogP) is 4.04. The van der Waals surface area contributed by atoms with Gasteiger partial charge >= 0.3 is 5.97 Å². The van der Waals surface area contributed by atoms with Crippen LogP contribution in [0.1, 0.15) is 19.4 Å². The van der Waals surface area contributed by atoms with Crippen LogP contribution in [0.25, 0.3) is 10.9 Å². The Kier molecular flexibility index (Phi) is 6.66. The molecule has 1 heterocycles. The van der Waals surface area contributed by atoms with Gasteiger partial charge in [0, 0.05) is 21.6 Å². The number of carbonyl (C=O) groups excluding carboxylic acids is 1. The number of para-hydroxylation sites is 1. The first-order valence-corrected chi connectivity index (χ1v) is 11.3. The molecule has 0 spiro atoms. The number of carbonyl (C=O) groups is 1. The lowest BCUT2D eigenvalue weighted by atomic mass is 10.1. The lowest BCUT2D eigenvalue weighted by Crippen LogP contribution is -2.45. The van der Waals surface area contributed by atoms with Gasteiger partial charge in [0.05, 0.1) is 10.4 Å². The van der Waals surface area contributed by atoms with Gasteiger partial charge in [-0.2, -0.15) is 4.72 Å². The molecule has 0 aliphatic carbocycles. The minimum Gasteiger partial charge on any atom is -0.460 e. The molecule has 0 radical (unpaired) electrons. The van der Waals surface area contributed by atoms with Crippen LogP contribution in [0.4, 0.5) is 0 Å². The van der Waals surface area contributed by atoms with Crippen molar-refractivity contribution in [1.82, 2.24) is 9.71 Å². The number of rotatable bonds is 7. The van der Waals surface area contributed by atoms with Crippen LogP contribution in [0.2, 0.25) is 0 Å². The Morgan fingerprint density at radius 3 is 2.48 bits per heavy atom. The minimum absolute atomic E-state index is 0.0103. The van der Waals surface area contributed by atoms with Crippen LogP contribution in [0.5, 0.6) is 0 Å². The maximum absolute atomic E-state index is 12.7. The molecule has 0 fully saturated rings. The molecule has 3 rings (SSSR count). The summed E-state index contributed by atoms with van der Waals surface area (Å²) >= 11 is 3.27. The highest BCUT2D eigenvalue weighted by atomic mass is 79.9. The molecule has 0 saturated heterocycles. The molecule has 2 aromatic carbocycles. The van der Waals surface area contributed by atoms with Crippen molar-refractivity contribution in [2.75, 3.05) is 0 Å². The average molecular weight is 477 g/mol. The highest BCUT2D eigenvalue weighted by molar-refractivity contribution is 9.10. The van der Waals surface area contributed by atoms with Gasteiger partial charge in [0.15, 0.2) is 0 Å². The molecular formula is C21H21BrN2O4S. The molecule has 1 aromatic heterocycles. The zero-order valence-corrected chi connectivity index (χ0v) is 18.4. The van der Waals surface area contributed by atoms with Gasteiger partial charge in [-0.3, -0.25) is 9.78 Å². The topological polar surface area (TPSA) is 85.4 Å². The summed E-state index contributed by atoms with van der Waals surface area (Å²) in [4.78, 5) is 17.1. The Morgan fingerprint density at radius 2 is 1.79 bits per heavy atom.